The number of rotatable bonds is 3. The lowest BCUT2D eigenvalue weighted by atomic mass is 10.1. The van der Waals surface area contributed by atoms with Crippen LogP contribution in [0.4, 0.5) is 0 Å². The van der Waals surface area contributed by atoms with E-state index in [-0.39, 0.29) is 5.91 Å². The van der Waals surface area contributed by atoms with Gasteiger partial charge in [0.15, 0.2) is 0 Å². The number of nitrogens with zero attached hydrogens (tertiary/aromatic N) is 1. The van der Waals surface area contributed by atoms with Gasteiger partial charge in [0.05, 0.1) is 0 Å². The molecule has 1 aliphatic rings. The third-order valence-electron chi connectivity index (χ3n) is 3.16. The largest absolute Gasteiger partial charge is 0.348 e. The molecule has 1 fully saturated rings. The molecule has 1 aromatic carbocycles. The Morgan fingerprint density at radius 3 is 3.16 bits per heavy atom. The Bertz CT molecular complexity index is 562. The minimum absolute atomic E-state index is 0.000839. The van der Waals surface area contributed by atoms with Gasteiger partial charge in [0.25, 0.3) is 5.91 Å². The van der Waals surface area contributed by atoms with Gasteiger partial charge in [0.2, 0.25) is 0 Å². The van der Waals surface area contributed by atoms with E-state index in [1.54, 1.807) is 12.4 Å². The molecule has 1 atom stereocenters. The first kappa shape index (κ1) is 12.3. The molecule has 0 radical (unpaired) electrons. The molecule has 1 aliphatic heterocycles. The predicted molar refractivity (Wildman–Crippen MR) is 77.2 cm³/mol. The normalized spacial score (nSPS) is 18.4. The molecule has 3 rings (SSSR count). The number of H-pyrrole nitrogens is 1. The topological polar surface area (TPSA) is 57.8 Å². The van der Waals surface area contributed by atoms with E-state index in [0.29, 0.717) is 11.6 Å². The van der Waals surface area contributed by atoms with Gasteiger partial charge in [-0.05, 0) is 24.3 Å². The van der Waals surface area contributed by atoms with E-state index < -0.39 is 0 Å². The molecule has 1 aromatic heterocycles. The fraction of sp³-hybridized carbons (Fsp3) is 0.286. The van der Waals surface area contributed by atoms with E-state index in [1.165, 1.54) is 0 Å². The van der Waals surface area contributed by atoms with Crippen molar-refractivity contribution in [2.24, 2.45) is 0 Å². The first-order chi connectivity index (χ1) is 9.33. The first-order valence-electron chi connectivity index (χ1n) is 6.31. The maximum absolute atomic E-state index is 12.2. The van der Waals surface area contributed by atoms with Crippen molar-refractivity contribution in [1.82, 2.24) is 15.3 Å². The standard InChI is InChI=1S/C14H15N3OS/c18-14(17-12-4-7-19-9-12)11-3-1-2-10(8-11)13-15-5-6-16-13/h1-3,5-6,8,12H,4,7,9H2,(H,15,16)(H,17,18). The van der Waals surface area contributed by atoms with E-state index in [9.17, 15) is 4.79 Å². The van der Waals surface area contributed by atoms with Gasteiger partial charge in [-0.15, -0.1) is 0 Å². The molecule has 5 heteroatoms. The third-order valence-corrected chi connectivity index (χ3v) is 4.32. The van der Waals surface area contributed by atoms with Crippen LogP contribution in [-0.4, -0.2) is 33.4 Å². The zero-order chi connectivity index (χ0) is 13.1. The zero-order valence-corrected chi connectivity index (χ0v) is 11.2. The number of aromatic amines is 1. The van der Waals surface area contributed by atoms with E-state index in [1.807, 2.05) is 36.0 Å². The number of carbonyl (C=O) groups excluding carboxylic acids is 1. The zero-order valence-electron chi connectivity index (χ0n) is 10.4. The smallest absolute Gasteiger partial charge is 0.251 e. The number of amides is 1. The van der Waals surface area contributed by atoms with Crippen LogP contribution in [0.25, 0.3) is 11.4 Å². The Balaban J connectivity index is 1.77. The molecule has 1 unspecified atom stereocenters. The van der Waals surface area contributed by atoms with E-state index in [0.717, 1.165) is 29.3 Å². The van der Waals surface area contributed by atoms with E-state index >= 15 is 0 Å². The predicted octanol–water partition coefficient (Wildman–Crippen LogP) is 2.31. The van der Waals surface area contributed by atoms with E-state index in [2.05, 4.69) is 15.3 Å². The van der Waals surface area contributed by atoms with Crippen LogP contribution in [0.1, 0.15) is 16.8 Å². The van der Waals surface area contributed by atoms with Crippen molar-refractivity contribution in [2.75, 3.05) is 11.5 Å². The molecule has 2 heterocycles. The summed E-state index contributed by atoms with van der Waals surface area (Å²) in [6.07, 6.45) is 4.55. The second kappa shape index (κ2) is 5.48. The van der Waals surface area contributed by atoms with Crippen molar-refractivity contribution in [3.05, 3.63) is 42.2 Å². The lowest BCUT2D eigenvalue weighted by molar-refractivity contribution is 0.0941. The Hall–Kier alpha value is -1.75. The quantitative estimate of drug-likeness (QED) is 0.902. The van der Waals surface area contributed by atoms with Gasteiger partial charge >= 0.3 is 0 Å². The Morgan fingerprint density at radius 1 is 1.47 bits per heavy atom. The van der Waals surface area contributed by atoms with Gasteiger partial charge in [-0.25, -0.2) is 4.98 Å². The van der Waals surface area contributed by atoms with Gasteiger partial charge in [-0.1, -0.05) is 12.1 Å². The molecule has 4 nitrogen and oxygen atoms in total. The fourth-order valence-corrected chi connectivity index (χ4v) is 3.30. The lowest BCUT2D eigenvalue weighted by Crippen LogP contribution is -2.34. The van der Waals surface area contributed by atoms with E-state index in [4.69, 9.17) is 0 Å². The summed E-state index contributed by atoms with van der Waals surface area (Å²) in [5.74, 6) is 2.94. The van der Waals surface area contributed by atoms with Crippen molar-refractivity contribution < 1.29 is 4.79 Å². The Kier molecular flexibility index (Phi) is 3.55. The Morgan fingerprint density at radius 2 is 2.42 bits per heavy atom. The number of carbonyl (C=O) groups is 1. The molecule has 1 saturated heterocycles. The molecule has 0 aliphatic carbocycles. The summed E-state index contributed by atoms with van der Waals surface area (Å²) in [6, 6.07) is 7.85. The van der Waals surface area contributed by atoms with Crippen LogP contribution in [0, 0.1) is 0 Å². The summed E-state index contributed by atoms with van der Waals surface area (Å²) in [5, 5.41) is 3.08. The molecule has 2 N–H and O–H groups in total. The maximum atomic E-state index is 12.2. The number of benzene rings is 1. The average Bonchev–Trinajstić information content (AvgIpc) is 3.12. The van der Waals surface area contributed by atoms with Crippen LogP contribution in [0.3, 0.4) is 0 Å². The van der Waals surface area contributed by atoms with Gasteiger partial charge in [0.1, 0.15) is 5.82 Å². The molecular formula is C14H15N3OS. The number of aromatic nitrogens is 2. The summed E-state index contributed by atoms with van der Waals surface area (Å²) in [4.78, 5) is 19.4. The summed E-state index contributed by atoms with van der Waals surface area (Å²) < 4.78 is 0. The lowest BCUT2D eigenvalue weighted by Gasteiger charge is -2.11. The van der Waals surface area contributed by atoms with Crippen LogP contribution in [-0.2, 0) is 0 Å². The number of hydrogen-bond donors (Lipinski definition) is 2. The number of hydrogen-bond acceptors (Lipinski definition) is 3. The van der Waals surface area contributed by atoms with Crippen molar-refractivity contribution in [3.8, 4) is 11.4 Å². The molecule has 98 valence electrons. The molecule has 19 heavy (non-hydrogen) atoms. The van der Waals surface area contributed by atoms with Crippen LogP contribution < -0.4 is 5.32 Å². The highest BCUT2D eigenvalue weighted by atomic mass is 32.2. The van der Waals surface area contributed by atoms with Crippen LogP contribution in [0.5, 0.6) is 0 Å². The summed E-state index contributed by atoms with van der Waals surface area (Å²) in [7, 11) is 0. The molecule has 1 amide bonds. The minimum Gasteiger partial charge on any atom is -0.348 e. The van der Waals surface area contributed by atoms with Crippen molar-refractivity contribution in [3.63, 3.8) is 0 Å². The molecule has 0 saturated carbocycles. The minimum atomic E-state index is 0.000839. The summed E-state index contributed by atoms with van der Waals surface area (Å²) in [6.45, 7) is 0. The monoisotopic (exact) mass is 273 g/mol. The number of imidazole rings is 1. The van der Waals surface area contributed by atoms with Crippen molar-refractivity contribution in [1.29, 1.82) is 0 Å². The van der Waals surface area contributed by atoms with Crippen LogP contribution in [0.15, 0.2) is 36.7 Å². The second-order valence-corrected chi connectivity index (χ2v) is 5.70. The molecule has 0 bridgehead atoms. The maximum Gasteiger partial charge on any atom is 0.251 e. The first-order valence-corrected chi connectivity index (χ1v) is 7.47. The molecular weight excluding hydrogens is 258 g/mol. The van der Waals surface area contributed by atoms with Crippen molar-refractivity contribution in [2.45, 2.75) is 12.5 Å². The number of thioether (sulfide) groups is 1. The summed E-state index contributed by atoms with van der Waals surface area (Å²) >= 11 is 1.89. The van der Waals surface area contributed by atoms with Gasteiger partial charge < -0.3 is 10.3 Å². The van der Waals surface area contributed by atoms with Gasteiger partial charge in [-0.2, -0.15) is 11.8 Å². The highest BCUT2D eigenvalue weighted by Gasteiger charge is 2.18. The van der Waals surface area contributed by atoms with Gasteiger partial charge in [-0.3, -0.25) is 4.79 Å². The average molecular weight is 273 g/mol. The molecule has 0 spiro atoms. The third kappa shape index (κ3) is 2.81. The van der Waals surface area contributed by atoms with Crippen molar-refractivity contribution >= 4 is 17.7 Å². The van der Waals surface area contributed by atoms with Crippen LogP contribution >= 0.6 is 11.8 Å². The summed E-state index contributed by atoms with van der Waals surface area (Å²) in [5.41, 5.74) is 1.62. The van der Waals surface area contributed by atoms with Gasteiger partial charge in [0, 0.05) is 35.3 Å². The highest BCUT2D eigenvalue weighted by Crippen LogP contribution is 2.19. The number of nitrogens with one attached hydrogen (secondary N) is 2. The second-order valence-electron chi connectivity index (χ2n) is 4.55. The highest BCUT2D eigenvalue weighted by molar-refractivity contribution is 7.99. The fourth-order valence-electron chi connectivity index (χ4n) is 2.15. The van der Waals surface area contributed by atoms with Crippen LogP contribution in [0.2, 0.25) is 0 Å². The molecule has 2 aromatic rings. The SMILES string of the molecule is O=C(NC1CCSC1)c1cccc(-c2ncc[nH]2)c1. The Labute approximate surface area is 116 Å².